The third-order valence-electron chi connectivity index (χ3n) is 9.88. The lowest BCUT2D eigenvalue weighted by Gasteiger charge is -2.41. The van der Waals surface area contributed by atoms with E-state index >= 15 is 0 Å². The molecule has 0 bridgehead atoms. The van der Waals surface area contributed by atoms with Gasteiger partial charge in [0.15, 0.2) is 0 Å². The lowest BCUT2D eigenvalue weighted by atomic mass is 9.74. The average molecular weight is 635 g/mol. The van der Waals surface area contributed by atoms with Crippen molar-refractivity contribution < 1.29 is 8.42 Å². The van der Waals surface area contributed by atoms with Gasteiger partial charge in [0.1, 0.15) is 0 Å². The molecular weight excluding hydrogens is 601 g/mol. The minimum absolute atomic E-state index is 0.202. The molecule has 0 saturated carbocycles. The summed E-state index contributed by atoms with van der Waals surface area (Å²) >= 11 is 0. The molecule has 0 amide bonds. The molecule has 0 atom stereocenters. The van der Waals surface area contributed by atoms with Crippen LogP contribution in [0.25, 0.3) is 0 Å². The number of pyridine rings is 2. The predicted octanol–water partition coefficient (Wildman–Crippen LogP) is 9.53. The lowest BCUT2D eigenvalue weighted by molar-refractivity contribution is 0.596. The van der Waals surface area contributed by atoms with E-state index in [1.165, 1.54) is 22.3 Å². The van der Waals surface area contributed by atoms with Crippen LogP contribution in [-0.2, 0) is 20.7 Å². The van der Waals surface area contributed by atoms with Crippen LogP contribution in [0, 0.1) is 0 Å². The van der Waals surface area contributed by atoms with Crippen molar-refractivity contribution in [2.24, 2.45) is 0 Å². The fourth-order valence-electron chi connectivity index (χ4n) is 7.37. The fourth-order valence-corrected chi connectivity index (χ4v) is 8.63. The van der Waals surface area contributed by atoms with Crippen LogP contribution in [0.1, 0.15) is 49.9 Å². The Kier molecular flexibility index (Phi) is 6.43. The second-order valence-electron chi connectivity index (χ2n) is 13.2. The molecule has 6 aromatic rings. The van der Waals surface area contributed by atoms with Crippen LogP contribution < -0.4 is 9.80 Å². The number of hydrogen-bond donors (Lipinski definition) is 0. The van der Waals surface area contributed by atoms with Gasteiger partial charge in [-0.3, -0.25) is 9.97 Å². The van der Waals surface area contributed by atoms with E-state index in [1.54, 1.807) is 24.3 Å². The van der Waals surface area contributed by atoms with E-state index in [0.717, 1.165) is 34.1 Å². The Balaban J connectivity index is 1.14. The Morgan fingerprint density at radius 3 is 1.23 bits per heavy atom. The number of aromatic nitrogens is 2. The van der Waals surface area contributed by atoms with Crippen LogP contribution >= 0.6 is 0 Å². The highest BCUT2D eigenvalue weighted by molar-refractivity contribution is 7.91. The van der Waals surface area contributed by atoms with Gasteiger partial charge in [0.2, 0.25) is 9.84 Å². The number of fused-ring (bicyclic) bond motifs is 4. The molecule has 7 heteroatoms. The van der Waals surface area contributed by atoms with Gasteiger partial charge in [0.25, 0.3) is 0 Å². The molecule has 4 aromatic carbocycles. The van der Waals surface area contributed by atoms with Gasteiger partial charge >= 0.3 is 0 Å². The highest BCUT2D eigenvalue weighted by atomic mass is 32.2. The third-order valence-corrected chi connectivity index (χ3v) is 11.7. The normalized spacial score (nSPS) is 15.7. The smallest absolute Gasteiger partial charge is 0.206 e. The Morgan fingerprint density at radius 1 is 0.468 bits per heavy atom. The van der Waals surface area contributed by atoms with E-state index in [9.17, 15) is 8.42 Å². The average Bonchev–Trinajstić information content (AvgIpc) is 3.09. The van der Waals surface area contributed by atoms with Crippen LogP contribution in [-0.4, -0.2) is 18.4 Å². The molecule has 0 unspecified atom stereocenters. The fraction of sp³-hybridized carbons (Fsp3) is 0.150. The van der Waals surface area contributed by atoms with Gasteiger partial charge in [-0.15, -0.1) is 0 Å². The molecule has 2 aromatic heterocycles. The molecule has 6 nitrogen and oxygen atoms in total. The second-order valence-corrected chi connectivity index (χ2v) is 15.2. The maximum atomic E-state index is 13.9. The minimum atomic E-state index is -3.77. The molecule has 2 aliphatic rings. The molecule has 232 valence electrons. The molecule has 2 aliphatic heterocycles. The lowest BCUT2D eigenvalue weighted by Crippen LogP contribution is -2.30. The molecule has 4 heterocycles. The number of rotatable bonds is 4. The first-order valence-corrected chi connectivity index (χ1v) is 17.2. The molecule has 0 aliphatic carbocycles. The van der Waals surface area contributed by atoms with Crippen LogP contribution in [0.15, 0.2) is 144 Å². The van der Waals surface area contributed by atoms with Crippen molar-refractivity contribution in [1.82, 2.24) is 9.97 Å². The first kappa shape index (κ1) is 29.2. The van der Waals surface area contributed by atoms with Crippen molar-refractivity contribution >= 4 is 44.0 Å². The summed E-state index contributed by atoms with van der Waals surface area (Å²) in [5, 5.41) is 0. The van der Waals surface area contributed by atoms with Crippen molar-refractivity contribution in [2.45, 2.75) is 48.3 Å². The van der Waals surface area contributed by atoms with E-state index in [0.29, 0.717) is 0 Å². The van der Waals surface area contributed by atoms with Gasteiger partial charge in [0.05, 0.1) is 44.9 Å². The largest absolute Gasteiger partial charge is 0.308 e. The maximum absolute atomic E-state index is 13.9. The second kappa shape index (κ2) is 10.4. The Bertz CT molecular complexity index is 2020. The van der Waals surface area contributed by atoms with Crippen molar-refractivity contribution in [3.63, 3.8) is 0 Å². The van der Waals surface area contributed by atoms with Crippen molar-refractivity contribution in [3.05, 3.63) is 156 Å². The number of benzene rings is 4. The maximum Gasteiger partial charge on any atom is 0.206 e. The zero-order valence-corrected chi connectivity index (χ0v) is 27.5. The van der Waals surface area contributed by atoms with Crippen LogP contribution in [0.2, 0.25) is 0 Å². The van der Waals surface area contributed by atoms with Gasteiger partial charge in [0, 0.05) is 34.6 Å². The zero-order valence-electron chi connectivity index (χ0n) is 26.7. The molecule has 0 fully saturated rings. The molecule has 0 spiro atoms. The molecule has 47 heavy (non-hydrogen) atoms. The monoisotopic (exact) mass is 634 g/mol. The van der Waals surface area contributed by atoms with Gasteiger partial charge in [-0.25, -0.2) is 8.42 Å². The van der Waals surface area contributed by atoms with Gasteiger partial charge in [-0.05, 0) is 95.1 Å². The Morgan fingerprint density at radius 2 is 0.830 bits per heavy atom. The van der Waals surface area contributed by atoms with E-state index in [-0.39, 0.29) is 20.6 Å². The van der Waals surface area contributed by atoms with Crippen molar-refractivity contribution in [2.75, 3.05) is 9.80 Å². The van der Waals surface area contributed by atoms with E-state index < -0.39 is 9.84 Å². The van der Waals surface area contributed by atoms with Crippen molar-refractivity contribution in [3.8, 4) is 0 Å². The number of anilines is 6. The summed E-state index contributed by atoms with van der Waals surface area (Å²) in [5.74, 6) is 0. The summed E-state index contributed by atoms with van der Waals surface area (Å²) in [6.45, 7) is 8.90. The summed E-state index contributed by atoms with van der Waals surface area (Å²) in [6.07, 6.45) is 7.42. The topological polar surface area (TPSA) is 66.4 Å². The first-order chi connectivity index (χ1) is 22.6. The summed E-state index contributed by atoms with van der Waals surface area (Å²) < 4.78 is 27.9. The highest BCUT2D eigenvalue weighted by Gasteiger charge is 2.38. The number of para-hydroxylation sites is 2. The third kappa shape index (κ3) is 4.33. The van der Waals surface area contributed by atoms with Gasteiger partial charge in [-0.2, -0.15) is 0 Å². The van der Waals surface area contributed by atoms with Crippen LogP contribution in [0.5, 0.6) is 0 Å². The minimum Gasteiger partial charge on any atom is -0.308 e. The molecule has 0 radical (unpaired) electrons. The molecule has 8 rings (SSSR count). The van der Waals surface area contributed by atoms with E-state index in [2.05, 4.69) is 96.0 Å². The molecular formula is C40H34N4O2S. The highest BCUT2D eigenvalue weighted by Crippen LogP contribution is 2.53. The quantitative estimate of drug-likeness (QED) is 0.192. The number of hydrogen-bond acceptors (Lipinski definition) is 6. The predicted molar refractivity (Wildman–Crippen MR) is 188 cm³/mol. The first-order valence-electron chi connectivity index (χ1n) is 15.7. The SMILES string of the molecule is CC1(C)c2ccccc2N(c2ccc(S(=O)(=O)c3ccc(N4c5ccccc5C(C)(C)c5ccncc54)cc3)cc2)c2cnccc21. The Labute approximate surface area is 275 Å². The summed E-state index contributed by atoms with van der Waals surface area (Å²) in [4.78, 5) is 13.7. The van der Waals surface area contributed by atoms with Crippen molar-refractivity contribution in [1.29, 1.82) is 0 Å². The number of sulfone groups is 1. The van der Waals surface area contributed by atoms with E-state index in [1.807, 2.05) is 61.2 Å². The standard InChI is InChI=1S/C40H34N4O2S/c1-39(2)31-9-5-7-11-35(31)43(37-25-41-23-21-33(37)39)27-13-17-29(18-14-27)47(45,46)30-19-15-28(16-20-30)44-36-12-8-6-10-32(36)40(3,4)34-22-24-42-26-38(34)44/h5-26H,1-4H3. The molecule has 0 saturated heterocycles. The van der Waals surface area contributed by atoms with Gasteiger partial charge in [-0.1, -0.05) is 64.1 Å². The number of nitrogens with zero attached hydrogens (tertiary/aromatic N) is 4. The zero-order chi connectivity index (χ0) is 32.6. The summed E-state index contributed by atoms with van der Waals surface area (Å²) in [5.41, 5.74) is 10.2. The summed E-state index contributed by atoms with van der Waals surface area (Å²) in [6, 6.07) is 35.2. The Hall–Kier alpha value is -5.27. The molecule has 0 N–H and O–H groups in total. The van der Waals surface area contributed by atoms with E-state index in [4.69, 9.17) is 0 Å². The summed E-state index contributed by atoms with van der Waals surface area (Å²) in [7, 11) is -3.77. The van der Waals surface area contributed by atoms with Crippen LogP contribution in [0.4, 0.5) is 34.1 Å². The van der Waals surface area contributed by atoms with Gasteiger partial charge < -0.3 is 9.80 Å². The van der Waals surface area contributed by atoms with Crippen LogP contribution in [0.3, 0.4) is 0 Å².